The molecule has 0 spiro atoms. The van der Waals surface area contributed by atoms with Crippen molar-refractivity contribution in [3.05, 3.63) is 62.1 Å². The van der Waals surface area contributed by atoms with Crippen molar-refractivity contribution in [2.45, 2.75) is 19.4 Å². The van der Waals surface area contributed by atoms with E-state index in [4.69, 9.17) is 46.4 Å². The predicted octanol–water partition coefficient (Wildman–Crippen LogP) is 5.16. The molecule has 2 rings (SSSR count). The van der Waals surface area contributed by atoms with Crippen LogP contribution in [0.2, 0.25) is 20.1 Å². The minimum Gasteiger partial charge on any atom is -0.352 e. The summed E-state index contributed by atoms with van der Waals surface area (Å²) in [5.41, 5.74) is 1.02. The van der Waals surface area contributed by atoms with Gasteiger partial charge in [0.1, 0.15) is 0 Å². The molecule has 152 valence electrons. The van der Waals surface area contributed by atoms with Gasteiger partial charge in [-0.15, -0.1) is 0 Å². The Kier molecular flexibility index (Phi) is 8.28. The second kappa shape index (κ2) is 10.0. The number of hydrogen-bond acceptors (Lipinski definition) is 3. The van der Waals surface area contributed by atoms with Crippen LogP contribution < -0.4 is 9.62 Å². The molecule has 1 N–H and O–H groups in total. The first kappa shape index (κ1) is 23.1. The van der Waals surface area contributed by atoms with Gasteiger partial charge in [-0.3, -0.25) is 9.10 Å². The summed E-state index contributed by atoms with van der Waals surface area (Å²) in [7, 11) is -3.59. The fraction of sp³-hybridized carbons (Fsp3) is 0.278. The number of carbonyl (C=O) groups excluding carboxylic acids is 1. The summed E-state index contributed by atoms with van der Waals surface area (Å²) >= 11 is 24.0. The van der Waals surface area contributed by atoms with E-state index < -0.39 is 10.0 Å². The number of carbonyl (C=O) groups is 1. The van der Waals surface area contributed by atoms with Gasteiger partial charge in [0, 0.05) is 34.6 Å². The average Bonchev–Trinajstić information content (AvgIpc) is 2.59. The molecular formula is C18H18Cl4N2O3S. The Morgan fingerprint density at radius 1 is 1.00 bits per heavy atom. The van der Waals surface area contributed by atoms with Gasteiger partial charge in [0.15, 0.2) is 0 Å². The summed E-state index contributed by atoms with van der Waals surface area (Å²) in [5.74, 6) is -0.225. The monoisotopic (exact) mass is 482 g/mol. The molecule has 0 fully saturated rings. The first-order chi connectivity index (χ1) is 13.1. The van der Waals surface area contributed by atoms with Crippen molar-refractivity contribution >= 4 is 68.0 Å². The van der Waals surface area contributed by atoms with Crippen LogP contribution in [0.5, 0.6) is 0 Å². The fourth-order valence-electron chi connectivity index (χ4n) is 2.47. The molecule has 0 saturated carbocycles. The van der Waals surface area contributed by atoms with Crippen molar-refractivity contribution < 1.29 is 13.2 Å². The highest BCUT2D eigenvalue weighted by Crippen LogP contribution is 2.30. The van der Waals surface area contributed by atoms with Crippen molar-refractivity contribution in [2.24, 2.45) is 0 Å². The summed E-state index contributed by atoms with van der Waals surface area (Å²) in [4.78, 5) is 12.1. The number of amides is 1. The van der Waals surface area contributed by atoms with Crippen LogP contribution in [0.1, 0.15) is 18.4 Å². The fourth-order valence-corrected chi connectivity index (χ4v) is 4.35. The Hall–Kier alpha value is -1.18. The number of halogens is 4. The summed E-state index contributed by atoms with van der Waals surface area (Å²) in [6.07, 6.45) is 1.51. The minimum absolute atomic E-state index is 0.0913. The van der Waals surface area contributed by atoms with Gasteiger partial charge in [-0.2, -0.15) is 0 Å². The Labute approximate surface area is 184 Å². The quantitative estimate of drug-likeness (QED) is 0.563. The molecule has 10 heteroatoms. The zero-order valence-corrected chi connectivity index (χ0v) is 18.7. The second-order valence-corrected chi connectivity index (χ2v) is 9.64. The topological polar surface area (TPSA) is 66.5 Å². The number of rotatable bonds is 8. The summed E-state index contributed by atoms with van der Waals surface area (Å²) in [6, 6.07) is 9.60. The van der Waals surface area contributed by atoms with Gasteiger partial charge in [0.25, 0.3) is 0 Å². The lowest BCUT2D eigenvalue weighted by Gasteiger charge is -2.23. The van der Waals surface area contributed by atoms with Gasteiger partial charge in [0.2, 0.25) is 15.9 Å². The summed E-state index contributed by atoms with van der Waals surface area (Å²) in [6.45, 7) is 0.346. The molecule has 0 aliphatic carbocycles. The van der Waals surface area contributed by atoms with E-state index in [2.05, 4.69) is 5.32 Å². The number of nitrogens with one attached hydrogen (secondary N) is 1. The van der Waals surface area contributed by atoms with Crippen LogP contribution in [-0.2, 0) is 21.4 Å². The van der Waals surface area contributed by atoms with Crippen LogP contribution in [-0.4, -0.2) is 27.1 Å². The summed E-state index contributed by atoms with van der Waals surface area (Å²) < 4.78 is 25.4. The lowest BCUT2D eigenvalue weighted by Crippen LogP contribution is -2.32. The molecule has 0 saturated heterocycles. The third-order valence-corrected chi connectivity index (χ3v) is 6.15. The Morgan fingerprint density at radius 3 is 2.29 bits per heavy atom. The molecular weight excluding hydrogens is 466 g/mol. The van der Waals surface area contributed by atoms with Crippen molar-refractivity contribution in [2.75, 3.05) is 17.1 Å². The van der Waals surface area contributed by atoms with Crippen LogP contribution in [0.25, 0.3) is 0 Å². The Balaban J connectivity index is 1.95. The lowest BCUT2D eigenvalue weighted by atomic mass is 10.2. The largest absolute Gasteiger partial charge is 0.352 e. The van der Waals surface area contributed by atoms with E-state index in [-0.39, 0.29) is 36.1 Å². The van der Waals surface area contributed by atoms with E-state index in [0.717, 1.165) is 16.1 Å². The maximum absolute atomic E-state index is 12.1. The molecule has 0 radical (unpaired) electrons. The van der Waals surface area contributed by atoms with Gasteiger partial charge in [-0.25, -0.2) is 8.42 Å². The number of nitrogens with zero attached hydrogens (tertiary/aromatic N) is 1. The highest BCUT2D eigenvalue weighted by molar-refractivity contribution is 7.92. The molecule has 2 aromatic carbocycles. The first-order valence-corrected chi connectivity index (χ1v) is 11.6. The van der Waals surface area contributed by atoms with Crippen molar-refractivity contribution in [3.8, 4) is 0 Å². The molecule has 0 aliphatic rings. The van der Waals surface area contributed by atoms with Crippen LogP contribution in [0.3, 0.4) is 0 Å². The van der Waals surface area contributed by atoms with Crippen LogP contribution >= 0.6 is 46.4 Å². The molecule has 0 bridgehead atoms. The highest BCUT2D eigenvalue weighted by atomic mass is 35.5. The second-order valence-electron chi connectivity index (χ2n) is 6.05. The van der Waals surface area contributed by atoms with E-state index in [1.165, 1.54) is 12.1 Å². The molecule has 1 amide bonds. The van der Waals surface area contributed by atoms with Crippen LogP contribution in [0, 0.1) is 0 Å². The number of sulfonamides is 1. The Morgan fingerprint density at radius 2 is 1.64 bits per heavy atom. The SMILES string of the molecule is CS(=O)(=O)N(CCCC(=O)NCc1ccc(Cl)cc1Cl)c1cc(Cl)ccc1Cl. The summed E-state index contributed by atoms with van der Waals surface area (Å²) in [5, 5.41) is 4.36. The van der Waals surface area contributed by atoms with Gasteiger partial charge in [-0.05, 0) is 42.3 Å². The average molecular weight is 484 g/mol. The highest BCUT2D eigenvalue weighted by Gasteiger charge is 2.20. The zero-order valence-electron chi connectivity index (χ0n) is 14.9. The molecule has 0 unspecified atom stereocenters. The number of hydrogen-bond donors (Lipinski definition) is 1. The molecule has 0 aliphatic heterocycles. The van der Waals surface area contributed by atoms with Crippen molar-refractivity contribution in [3.63, 3.8) is 0 Å². The van der Waals surface area contributed by atoms with E-state index in [0.29, 0.717) is 21.5 Å². The third-order valence-electron chi connectivity index (χ3n) is 3.83. The predicted molar refractivity (Wildman–Crippen MR) is 116 cm³/mol. The lowest BCUT2D eigenvalue weighted by molar-refractivity contribution is -0.121. The molecule has 28 heavy (non-hydrogen) atoms. The van der Waals surface area contributed by atoms with Crippen LogP contribution in [0.15, 0.2) is 36.4 Å². The Bertz CT molecular complexity index is 967. The maximum Gasteiger partial charge on any atom is 0.232 e. The van der Waals surface area contributed by atoms with Crippen molar-refractivity contribution in [1.29, 1.82) is 0 Å². The minimum atomic E-state index is -3.59. The van der Waals surface area contributed by atoms with Gasteiger partial charge >= 0.3 is 0 Å². The van der Waals surface area contributed by atoms with E-state index in [1.807, 2.05) is 0 Å². The standard InChI is InChI=1S/C18H18Cl4N2O3S/c1-28(26,27)24(17-10-14(20)6-7-15(17)21)8-2-3-18(25)23-11-12-4-5-13(19)9-16(12)22/h4-7,9-10H,2-3,8,11H2,1H3,(H,23,25). The molecule has 0 atom stereocenters. The smallest absolute Gasteiger partial charge is 0.232 e. The normalized spacial score (nSPS) is 11.3. The van der Waals surface area contributed by atoms with Crippen LogP contribution in [0.4, 0.5) is 5.69 Å². The first-order valence-electron chi connectivity index (χ1n) is 8.21. The van der Waals surface area contributed by atoms with E-state index >= 15 is 0 Å². The molecule has 2 aromatic rings. The molecule has 5 nitrogen and oxygen atoms in total. The maximum atomic E-state index is 12.1. The van der Waals surface area contributed by atoms with Gasteiger partial charge < -0.3 is 5.32 Å². The third kappa shape index (κ3) is 6.71. The van der Waals surface area contributed by atoms with E-state index in [9.17, 15) is 13.2 Å². The number of anilines is 1. The molecule has 0 heterocycles. The van der Waals surface area contributed by atoms with Gasteiger partial charge in [-0.1, -0.05) is 52.5 Å². The van der Waals surface area contributed by atoms with E-state index in [1.54, 1.807) is 24.3 Å². The zero-order chi connectivity index (χ0) is 20.9. The molecule has 0 aromatic heterocycles. The van der Waals surface area contributed by atoms with Gasteiger partial charge in [0.05, 0.1) is 17.0 Å². The van der Waals surface area contributed by atoms with Crippen molar-refractivity contribution in [1.82, 2.24) is 5.32 Å². The number of benzene rings is 2.